The van der Waals surface area contributed by atoms with E-state index >= 15 is 0 Å². The zero-order chi connectivity index (χ0) is 15.8. The van der Waals surface area contributed by atoms with Crippen LogP contribution in [0, 0.1) is 0 Å². The van der Waals surface area contributed by atoms with Crippen molar-refractivity contribution in [2.45, 2.75) is 37.4 Å². The molecule has 6 heteroatoms. The molecule has 2 N–H and O–H groups in total. The summed E-state index contributed by atoms with van der Waals surface area (Å²) >= 11 is 7.21. The van der Waals surface area contributed by atoms with Crippen LogP contribution < -0.4 is 15.4 Å². The first-order chi connectivity index (χ1) is 11.2. The first-order valence-electron chi connectivity index (χ1n) is 7.77. The van der Waals surface area contributed by atoms with E-state index in [9.17, 15) is 4.79 Å². The van der Waals surface area contributed by atoms with Gasteiger partial charge in [-0.05, 0) is 55.7 Å². The lowest BCUT2D eigenvalue weighted by atomic mass is 9.95. The van der Waals surface area contributed by atoms with Gasteiger partial charge in [-0.15, -0.1) is 0 Å². The monoisotopic (exact) mass is 348 g/mol. The highest BCUT2D eigenvalue weighted by Gasteiger charge is 2.39. The minimum atomic E-state index is -0.0136. The summed E-state index contributed by atoms with van der Waals surface area (Å²) in [5, 5.41) is 8.04. The van der Waals surface area contributed by atoms with Crippen LogP contribution in [0.2, 0.25) is 5.02 Å². The van der Waals surface area contributed by atoms with Gasteiger partial charge in [0.15, 0.2) is 5.06 Å². The van der Waals surface area contributed by atoms with Gasteiger partial charge >= 0.3 is 0 Å². The smallest absolute Gasteiger partial charge is 0.261 e. The van der Waals surface area contributed by atoms with Crippen LogP contribution in [0.15, 0.2) is 36.4 Å². The minimum Gasteiger partial charge on any atom is -0.447 e. The van der Waals surface area contributed by atoms with Gasteiger partial charge in [-0.1, -0.05) is 22.9 Å². The highest BCUT2D eigenvalue weighted by Crippen LogP contribution is 2.31. The molecule has 3 unspecified atom stereocenters. The van der Waals surface area contributed by atoms with Gasteiger partial charge in [-0.25, -0.2) is 0 Å². The number of fused-ring (bicyclic) bond motifs is 2. The van der Waals surface area contributed by atoms with Gasteiger partial charge in [-0.3, -0.25) is 4.79 Å². The number of amides is 1. The predicted molar refractivity (Wildman–Crippen MR) is 91.7 cm³/mol. The molecule has 0 saturated carbocycles. The molecule has 2 fully saturated rings. The van der Waals surface area contributed by atoms with Gasteiger partial charge in [-0.2, -0.15) is 0 Å². The Morgan fingerprint density at radius 3 is 2.74 bits per heavy atom. The van der Waals surface area contributed by atoms with Crippen molar-refractivity contribution in [3.63, 3.8) is 0 Å². The average molecular weight is 349 g/mol. The molecule has 1 amide bonds. The fourth-order valence-corrected chi connectivity index (χ4v) is 4.24. The zero-order valence-corrected chi connectivity index (χ0v) is 14.0. The second-order valence-corrected chi connectivity index (χ2v) is 7.52. The van der Waals surface area contributed by atoms with Crippen LogP contribution in [0.4, 0.5) is 0 Å². The van der Waals surface area contributed by atoms with Crippen molar-refractivity contribution in [1.82, 2.24) is 10.6 Å². The first kappa shape index (κ1) is 15.0. The van der Waals surface area contributed by atoms with E-state index in [1.165, 1.54) is 17.8 Å². The SMILES string of the molecule is O=C(NC1CC2CCC1N2)c1ccc(Oc2ccc(Cl)cc2)s1. The summed E-state index contributed by atoms with van der Waals surface area (Å²) in [7, 11) is 0. The summed E-state index contributed by atoms with van der Waals surface area (Å²) in [6.07, 6.45) is 3.43. The minimum absolute atomic E-state index is 0.0136. The number of carbonyl (C=O) groups excluding carboxylic acids is 1. The molecule has 3 atom stereocenters. The molecule has 0 aliphatic carbocycles. The lowest BCUT2D eigenvalue weighted by Gasteiger charge is -2.20. The van der Waals surface area contributed by atoms with Gasteiger partial charge in [0.25, 0.3) is 5.91 Å². The summed E-state index contributed by atoms with van der Waals surface area (Å²) in [5.41, 5.74) is 0. The Balaban J connectivity index is 1.39. The standard InChI is InChI=1S/C17H17ClN2O2S/c18-10-1-4-12(5-2-10)22-16-8-7-15(23-16)17(21)20-14-9-11-3-6-13(14)19-11/h1-2,4-5,7-8,11,13-14,19H,3,6,9H2,(H,20,21). The van der Waals surface area contributed by atoms with Crippen LogP contribution in [-0.4, -0.2) is 24.0 Å². The first-order valence-corrected chi connectivity index (χ1v) is 8.97. The molecule has 120 valence electrons. The van der Waals surface area contributed by atoms with Gasteiger partial charge in [0, 0.05) is 23.1 Å². The van der Waals surface area contributed by atoms with Crippen molar-refractivity contribution < 1.29 is 9.53 Å². The van der Waals surface area contributed by atoms with Gasteiger partial charge in [0.2, 0.25) is 0 Å². The largest absolute Gasteiger partial charge is 0.447 e. The molecule has 2 bridgehead atoms. The second-order valence-electron chi connectivity index (χ2n) is 6.04. The van der Waals surface area contributed by atoms with Gasteiger partial charge < -0.3 is 15.4 Å². The molecular formula is C17H17ClN2O2S. The molecule has 4 rings (SSSR count). The maximum Gasteiger partial charge on any atom is 0.261 e. The zero-order valence-electron chi connectivity index (χ0n) is 12.4. The maximum absolute atomic E-state index is 12.4. The second kappa shape index (κ2) is 6.15. The van der Waals surface area contributed by atoms with Crippen molar-refractivity contribution in [1.29, 1.82) is 0 Å². The quantitative estimate of drug-likeness (QED) is 0.883. The van der Waals surface area contributed by atoms with Crippen LogP contribution >= 0.6 is 22.9 Å². The lowest BCUT2D eigenvalue weighted by Crippen LogP contribution is -2.42. The van der Waals surface area contributed by atoms with Crippen LogP contribution in [0.25, 0.3) is 0 Å². The molecule has 0 spiro atoms. The normalized spacial score (nSPS) is 25.5. The number of hydrogen-bond acceptors (Lipinski definition) is 4. The van der Waals surface area contributed by atoms with Crippen molar-refractivity contribution in [3.05, 3.63) is 46.3 Å². The third-order valence-electron chi connectivity index (χ3n) is 4.45. The molecule has 1 aromatic heterocycles. The molecule has 2 aliphatic heterocycles. The third-order valence-corrected chi connectivity index (χ3v) is 5.67. The molecule has 2 aromatic rings. The van der Waals surface area contributed by atoms with Gasteiger partial charge in [0.05, 0.1) is 4.88 Å². The highest BCUT2D eigenvalue weighted by molar-refractivity contribution is 7.15. The van der Waals surface area contributed by atoms with Crippen molar-refractivity contribution in [3.8, 4) is 10.8 Å². The number of rotatable bonds is 4. The Hall–Kier alpha value is -1.56. The number of nitrogens with one attached hydrogen (secondary N) is 2. The van der Waals surface area contributed by atoms with Crippen molar-refractivity contribution in [2.75, 3.05) is 0 Å². The van der Waals surface area contributed by atoms with Crippen molar-refractivity contribution in [2.24, 2.45) is 0 Å². The van der Waals surface area contributed by atoms with E-state index in [-0.39, 0.29) is 11.9 Å². The molecular weight excluding hydrogens is 332 g/mol. The molecule has 23 heavy (non-hydrogen) atoms. The number of carbonyl (C=O) groups is 1. The number of thiophene rings is 1. The Bertz CT molecular complexity index is 716. The maximum atomic E-state index is 12.4. The van der Waals surface area contributed by atoms with Crippen LogP contribution in [0.1, 0.15) is 28.9 Å². The van der Waals surface area contributed by atoms with E-state index in [4.69, 9.17) is 16.3 Å². The predicted octanol–water partition coefficient (Wildman–Crippen LogP) is 3.82. The third kappa shape index (κ3) is 3.22. The van der Waals surface area contributed by atoms with E-state index in [2.05, 4.69) is 10.6 Å². The topological polar surface area (TPSA) is 50.4 Å². The number of halogens is 1. The van der Waals surface area contributed by atoms with Crippen LogP contribution in [-0.2, 0) is 0 Å². The fourth-order valence-electron chi connectivity index (χ4n) is 3.34. The number of hydrogen-bond donors (Lipinski definition) is 2. The summed E-state index contributed by atoms with van der Waals surface area (Å²) in [6, 6.07) is 12.1. The molecule has 2 saturated heterocycles. The van der Waals surface area contributed by atoms with Crippen molar-refractivity contribution >= 4 is 28.8 Å². The Morgan fingerprint density at radius 1 is 1.22 bits per heavy atom. The van der Waals surface area contributed by atoms with Crippen LogP contribution in [0.3, 0.4) is 0 Å². The van der Waals surface area contributed by atoms with Gasteiger partial charge in [0.1, 0.15) is 5.75 Å². The molecule has 4 nitrogen and oxygen atoms in total. The van der Waals surface area contributed by atoms with E-state index < -0.39 is 0 Å². The van der Waals surface area contributed by atoms with Crippen LogP contribution in [0.5, 0.6) is 10.8 Å². The molecule has 1 aromatic carbocycles. The average Bonchev–Trinajstić information content (AvgIpc) is 3.26. The lowest BCUT2D eigenvalue weighted by molar-refractivity contribution is 0.0935. The fraction of sp³-hybridized carbons (Fsp3) is 0.353. The van der Waals surface area contributed by atoms with E-state index in [1.807, 2.05) is 24.3 Å². The summed E-state index contributed by atoms with van der Waals surface area (Å²) < 4.78 is 5.75. The van der Waals surface area contributed by atoms with E-state index in [1.54, 1.807) is 12.1 Å². The summed E-state index contributed by atoms with van der Waals surface area (Å²) in [6.45, 7) is 0. The molecule has 2 aliphatic rings. The Kier molecular flexibility index (Phi) is 4.01. The molecule has 0 radical (unpaired) electrons. The summed E-state index contributed by atoms with van der Waals surface area (Å²) in [5.74, 6) is 0.695. The van der Waals surface area contributed by atoms with E-state index in [0.717, 1.165) is 12.8 Å². The Morgan fingerprint density at radius 2 is 2.04 bits per heavy atom. The summed E-state index contributed by atoms with van der Waals surface area (Å²) in [4.78, 5) is 13.1. The Labute approximate surface area is 143 Å². The number of benzene rings is 1. The highest BCUT2D eigenvalue weighted by atomic mass is 35.5. The number of ether oxygens (including phenoxy) is 1. The van der Waals surface area contributed by atoms with E-state index in [0.29, 0.717) is 32.8 Å². The molecule has 3 heterocycles.